The molecule has 1 fully saturated rings. The maximum atomic E-state index is 13.0. The number of nitro benzene ring substituents is 1. The first-order valence-electron chi connectivity index (χ1n) is 7.51. The molecule has 6 heteroatoms. The van der Waals surface area contributed by atoms with Crippen LogP contribution in [0.15, 0.2) is 58.0 Å². The topological polar surface area (TPSA) is 72.6 Å². The zero-order valence-electron chi connectivity index (χ0n) is 13.0. The minimum atomic E-state index is -0.533. The molecule has 2 atom stereocenters. The van der Waals surface area contributed by atoms with Gasteiger partial charge in [-0.2, -0.15) is 0 Å². The highest BCUT2D eigenvalue weighted by molar-refractivity contribution is 9.10. The highest BCUT2D eigenvalue weighted by Crippen LogP contribution is 2.42. The van der Waals surface area contributed by atoms with Gasteiger partial charge in [0.2, 0.25) is 0 Å². The van der Waals surface area contributed by atoms with Crippen LogP contribution < -0.4 is 0 Å². The summed E-state index contributed by atoms with van der Waals surface area (Å²) >= 11 is 3.42. The van der Waals surface area contributed by atoms with Crippen molar-refractivity contribution in [1.29, 1.82) is 0 Å². The molecule has 122 valence electrons. The summed E-state index contributed by atoms with van der Waals surface area (Å²) < 4.78 is 0.886. The third-order valence-electron chi connectivity index (χ3n) is 4.35. The lowest BCUT2D eigenvalue weighted by Crippen LogP contribution is -2.15. The summed E-state index contributed by atoms with van der Waals surface area (Å²) in [6, 6.07) is 14.0. The monoisotopic (exact) mass is 386 g/mol. The van der Waals surface area contributed by atoms with E-state index in [1.54, 1.807) is 25.2 Å². The highest BCUT2D eigenvalue weighted by Gasteiger charge is 2.43. The molecule has 0 spiro atoms. The molecule has 24 heavy (non-hydrogen) atoms. The number of carbonyl (C=O) groups excluding carboxylic acids is 1. The molecular formula is C18H15BrN2O3. The molecule has 0 bridgehead atoms. The summed E-state index contributed by atoms with van der Waals surface area (Å²) in [5, 5.41) is 11.3. The molecule has 3 rings (SSSR count). The summed E-state index contributed by atoms with van der Waals surface area (Å²) in [5.74, 6) is -1.02. The minimum absolute atomic E-state index is 0.0128. The number of benzene rings is 2. The average Bonchev–Trinajstić information content (AvgIpc) is 2.91. The van der Waals surface area contributed by atoms with Crippen LogP contribution in [0.1, 0.15) is 29.4 Å². The second kappa shape index (κ2) is 6.65. The Balaban J connectivity index is 2.05. The first-order chi connectivity index (χ1) is 11.5. The molecule has 0 radical (unpaired) electrons. The van der Waals surface area contributed by atoms with Crippen LogP contribution in [0.2, 0.25) is 0 Å². The van der Waals surface area contributed by atoms with E-state index in [9.17, 15) is 14.9 Å². The van der Waals surface area contributed by atoms with E-state index in [0.29, 0.717) is 12.0 Å². The fraction of sp³-hybridized carbons (Fsp3) is 0.222. The fourth-order valence-electron chi connectivity index (χ4n) is 3.27. The van der Waals surface area contributed by atoms with Gasteiger partial charge in [-0.3, -0.25) is 19.9 Å². The Kier molecular flexibility index (Phi) is 4.57. The van der Waals surface area contributed by atoms with Crippen LogP contribution in [0.4, 0.5) is 5.69 Å². The van der Waals surface area contributed by atoms with Crippen molar-refractivity contribution in [2.45, 2.75) is 18.3 Å². The van der Waals surface area contributed by atoms with E-state index in [4.69, 9.17) is 0 Å². The molecule has 0 saturated heterocycles. The number of ketones is 1. The van der Waals surface area contributed by atoms with Crippen molar-refractivity contribution in [3.63, 3.8) is 0 Å². The van der Waals surface area contributed by atoms with Gasteiger partial charge in [0.05, 0.1) is 16.8 Å². The van der Waals surface area contributed by atoms with Crippen molar-refractivity contribution in [3.05, 3.63) is 74.2 Å². The predicted octanol–water partition coefficient (Wildman–Crippen LogP) is 4.27. The van der Waals surface area contributed by atoms with Crippen molar-refractivity contribution >= 4 is 33.1 Å². The molecule has 0 aromatic heterocycles. The largest absolute Gasteiger partial charge is 0.298 e. The zero-order chi connectivity index (χ0) is 17.3. The number of hydrogen-bond donors (Lipinski definition) is 0. The third-order valence-corrected chi connectivity index (χ3v) is 4.85. The molecule has 1 aliphatic rings. The third kappa shape index (κ3) is 2.89. The number of nitro groups is 1. The summed E-state index contributed by atoms with van der Waals surface area (Å²) in [7, 11) is 1.66. The van der Waals surface area contributed by atoms with Gasteiger partial charge in [-0.15, -0.1) is 0 Å². The standard InChI is InChI=1S/C18H15BrN2O3/c1-20-15-10-14(13-7-2-3-8-16(13)21(23)24)18(22)17(15)11-5-4-6-12(19)9-11/h2-9,14,17H,10H2,1H3. The quantitative estimate of drug-likeness (QED) is 0.583. The van der Waals surface area contributed by atoms with Gasteiger partial charge in [-0.05, 0) is 17.7 Å². The Bertz CT molecular complexity index is 848. The molecule has 2 unspecified atom stereocenters. The van der Waals surface area contributed by atoms with Gasteiger partial charge in [0.1, 0.15) is 0 Å². The van der Waals surface area contributed by atoms with E-state index in [-0.39, 0.29) is 11.5 Å². The van der Waals surface area contributed by atoms with E-state index in [0.717, 1.165) is 15.7 Å². The van der Waals surface area contributed by atoms with Crippen LogP contribution in [-0.2, 0) is 4.79 Å². The van der Waals surface area contributed by atoms with E-state index in [2.05, 4.69) is 20.9 Å². The van der Waals surface area contributed by atoms with Gasteiger partial charge in [0, 0.05) is 35.3 Å². The Morgan fingerprint density at radius 3 is 2.62 bits per heavy atom. The van der Waals surface area contributed by atoms with Crippen molar-refractivity contribution in [2.24, 2.45) is 4.99 Å². The lowest BCUT2D eigenvalue weighted by Gasteiger charge is -2.12. The molecule has 0 N–H and O–H groups in total. The average molecular weight is 387 g/mol. The Labute approximate surface area is 147 Å². The van der Waals surface area contributed by atoms with Gasteiger partial charge in [0.25, 0.3) is 5.69 Å². The number of aliphatic imine (C=N–C) groups is 1. The van der Waals surface area contributed by atoms with Crippen molar-refractivity contribution < 1.29 is 9.72 Å². The van der Waals surface area contributed by atoms with Gasteiger partial charge in [0.15, 0.2) is 5.78 Å². The molecule has 0 heterocycles. The summed E-state index contributed by atoms with van der Waals surface area (Å²) in [6.07, 6.45) is 0.414. The minimum Gasteiger partial charge on any atom is -0.298 e. The molecule has 2 aromatic rings. The van der Waals surface area contributed by atoms with E-state index in [1.165, 1.54) is 6.07 Å². The molecule has 1 aliphatic carbocycles. The number of nitrogens with zero attached hydrogens (tertiary/aromatic N) is 2. The van der Waals surface area contributed by atoms with Crippen LogP contribution in [0.5, 0.6) is 0 Å². The maximum absolute atomic E-state index is 13.0. The number of rotatable bonds is 3. The molecule has 1 saturated carbocycles. The van der Waals surface area contributed by atoms with Crippen LogP contribution in [-0.4, -0.2) is 23.5 Å². The van der Waals surface area contributed by atoms with E-state index < -0.39 is 16.8 Å². The number of para-hydroxylation sites is 1. The van der Waals surface area contributed by atoms with Crippen molar-refractivity contribution in [3.8, 4) is 0 Å². The fourth-order valence-corrected chi connectivity index (χ4v) is 3.68. The normalized spacial score (nSPS) is 22.1. The van der Waals surface area contributed by atoms with Gasteiger partial charge >= 0.3 is 0 Å². The van der Waals surface area contributed by atoms with Crippen LogP contribution >= 0.6 is 15.9 Å². The predicted molar refractivity (Wildman–Crippen MR) is 95.7 cm³/mol. The number of hydrogen-bond acceptors (Lipinski definition) is 4. The number of halogens is 1. The number of Topliss-reactive ketones (excluding diaryl/α,β-unsaturated/α-hetero) is 1. The molecule has 0 aliphatic heterocycles. The van der Waals surface area contributed by atoms with Crippen LogP contribution in [0.25, 0.3) is 0 Å². The zero-order valence-corrected chi connectivity index (χ0v) is 14.6. The highest BCUT2D eigenvalue weighted by atomic mass is 79.9. The lowest BCUT2D eigenvalue weighted by atomic mass is 9.90. The summed E-state index contributed by atoms with van der Waals surface area (Å²) in [5.41, 5.74) is 2.07. The first kappa shape index (κ1) is 16.5. The van der Waals surface area contributed by atoms with Crippen LogP contribution in [0, 0.1) is 10.1 Å². The van der Waals surface area contributed by atoms with Crippen molar-refractivity contribution in [2.75, 3.05) is 7.05 Å². The molecular weight excluding hydrogens is 372 g/mol. The molecule has 5 nitrogen and oxygen atoms in total. The van der Waals surface area contributed by atoms with Gasteiger partial charge in [-0.1, -0.05) is 46.3 Å². The molecule has 2 aromatic carbocycles. The Morgan fingerprint density at radius 1 is 1.21 bits per heavy atom. The van der Waals surface area contributed by atoms with Crippen LogP contribution in [0.3, 0.4) is 0 Å². The van der Waals surface area contributed by atoms with Gasteiger partial charge < -0.3 is 0 Å². The summed E-state index contributed by atoms with van der Waals surface area (Å²) in [6.45, 7) is 0. The Morgan fingerprint density at radius 2 is 1.96 bits per heavy atom. The summed E-state index contributed by atoms with van der Waals surface area (Å²) in [4.78, 5) is 28.2. The second-order valence-corrected chi connectivity index (χ2v) is 6.59. The van der Waals surface area contributed by atoms with Gasteiger partial charge in [-0.25, -0.2) is 0 Å². The van der Waals surface area contributed by atoms with E-state index >= 15 is 0 Å². The molecule has 0 amide bonds. The Hall–Kier alpha value is -2.34. The van der Waals surface area contributed by atoms with Crippen molar-refractivity contribution in [1.82, 2.24) is 0 Å². The second-order valence-electron chi connectivity index (χ2n) is 5.68. The first-order valence-corrected chi connectivity index (χ1v) is 8.30. The maximum Gasteiger partial charge on any atom is 0.273 e. The number of carbonyl (C=O) groups is 1. The SMILES string of the molecule is CN=C1CC(c2ccccc2[N+](=O)[O-])C(=O)C1c1cccc(Br)c1. The smallest absolute Gasteiger partial charge is 0.273 e. The lowest BCUT2D eigenvalue weighted by molar-refractivity contribution is -0.385. The van der Waals surface area contributed by atoms with E-state index in [1.807, 2.05) is 24.3 Å².